The minimum atomic E-state index is 0.418. The minimum absolute atomic E-state index is 0.418. The number of benzene rings is 6. The van der Waals surface area contributed by atoms with Gasteiger partial charge in [0.1, 0.15) is 5.52 Å². The molecule has 0 atom stereocenters. The second-order valence-corrected chi connectivity index (χ2v) is 10.4. The quantitative estimate of drug-likeness (QED) is 0.210. The summed E-state index contributed by atoms with van der Waals surface area (Å²) in [6.45, 7) is 0. The van der Waals surface area contributed by atoms with Crippen LogP contribution in [0.2, 0.25) is 0 Å². The maximum atomic E-state index is 8.95. The molecule has 6 aromatic carbocycles. The lowest BCUT2D eigenvalue weighted by molar-refractivity contribution is 1.23. The van der Waals surface area contributed by atoms with Crippen molar-refractivity contribution in [3.8, 4) is 45.0 Å². The van der Waals surface area contributed by atoms with Gasteiger partial charge in [-0.1, -0.05) is 140 Å². The summed E-state index contributed by atoms with van der Waals surface area (Å²) in [5.74, 6) is 0.637. The van der Waals surface area contributed by atoms with Crippen LogP contribution in [-0.2, 0) is 0 Å². The largest absolute Gasteiger partial charge is 0.245 e. The van der Waals surface area contributed by atoms with Crippen LogP contribution in [0.4, 0.5) is 0 Å². The van der Waals surface area contributed by atoms with Gasteiger partial charge in [0, 0.05) is 27.5 Å². The van der Waals surface area contributed by atoms with E-state index in [0.717, 1.165) is 49.9 Å². The van der Waals surface area contributed by atoms with Crippen LogP contribution in [0.25, 0.3) is 77.6 Å². The summed E-state index contributed by atoms with van der Waals surface area (Å²) < 4.78 is 8.95. The number of pyridine rings is 1. The fourth-order valence-corrected chi connectivity index (χ4v) is 5.69. The molecule has 0 fully saturated rings. The zero-order valence-electron chi connectivity index (χ0n) is 23.7. The molecule has 0 unspecified atom stereocenters. The Morgan fingerprint density at radius 1 is 0.405 bits per heavy atom. The molecular weight excluding hydrogens is 510 g/mol. The Morgan fingerprint density at radius 2 is 1.10 bits per heavy atom. The fraction of sp³-hybridized carbons (Fsp3) is 0. The van der Waals surface area contributed by atoms with Gasteiger partial charge in [-0.05, 0) is 34.0 Å². The van der Waals surface area contributed by atoms with Crippen LogP contribution >= 0.6 is 0 Å². The molecule has 0 spiro atoms. The molecule has 3 heteroatoms. The molecule has 0 aliphatic rings. The summed E-state index contributed by atoms with van der Waals surface area (Å²) in [6.07, 6.45) is 0. The summed E-state index contributed by atoms with van der Waals surface area (Å²) in [7, 11) is 0. The van der Waals surface area contributed by atoms with Gasteiger partial charge in [0.25, 0.3) is 0 Å². The highest BCUT2D eigenvalue weighted by atomic mass is 14.9. The number of nitrogens with zero attached hydrogens (tertiary/aromatic N) is 3. The molecule has 0 saturated carbocycles. The molecule has 8 aromatic rings. The first-order valence-corrected chi connectivity index (χ1v) is 14.0. The summed E-state index contributed by atoms with van der Waals surface area (Å²) in [5, 5.41) is 4.12. The highest BCUT2D eigenvalue weighted by molar-refractivity contribution is 6.08. The Balaban J connectivity index is 1.31. The molecule has 0 N–H and O–H groups in total. The Labute approximate surface area is 245 Å². The second-order valence-electron chi connectivity index (χ2n) is 10.4. The third kappa shape index (κ3) is 4.20. The predicted octanol–water partition coefficient (Wildman–Crippen LogP) is 10.00. The van der Waals surface area contributed by atoms with Crippen LogP contribution in [0.1, 0.15) is 1.37 Å². The lowest BCUT2D eigenvalue weighted by Gasteiger charge is -2.12. The Morgan fingerprint density at radius 3 is 1.90 bits per heavy atom. The Kier molecular flexibility index (Phi) is 5.53. The van der Waals surface area contributed by atoms with Crippen molar-refractivity contribution in [2.45, 2.75) is 0 Å². The van der Waals surface area contributed by atoms with Crippen LogP contribution in [0.3, 0.4) is 0 Å². The van der Waals surface area contributed by atoms with Crippen molar-refractivity contribution < 1.29 is 1.37 Å². The molecule has 0 amide bonds. The molecule has 2 heterocycles. The van der Waals surface area contributed by atoms with Crippen molar-refractivity contribution in [1.29, 1.82) is 0 Å². The normalized spacial score (nSPS) is 11.7. The Hall–Kier alpha value is -5.67. The van der Waals surface area contributed by atoms with Gasteiger partial charge >= 0.3 is 0 Å². The first-order valence-electron chi connectivity index (χ1n) is 14.5. The molecule has 0 aliphatic heterocycles. The predicted molar refractivity (Wildman–Crippen MR) is 174 cm³/mol. The third-order valence-corrected chi connectivity index (χ3v) is 7.80. The molecule has 42 heavy (non-hydrogen) atoms. The zero-order valence-corrected chi connectivity index (χ0v) is 22.7. The van der Waals surface area contributed by atoms with Crippen LogP contribution in [0, 0.1) is 0 Å². The summed E-state index contributed by atoms with van der Waals surface area (Å²) in [5.41, 5.74) is 8.29. The monoisotopic (exact) mass is 536 g/mol. The van der Waals surface area contributed by atoms with Gasteiger partial charge in [-0.15, -0.1) is 0 Å². The second kappa shape index (κ2) is 10.1. The molecule has 0 saturated heterocycles. The molecule has 8 rings (SSSR count). The van der Waals surface area contributed by atoms with Gasteiger partial charge in [-0.25, -0.2) is 15.0 Å². The topological polar surface area (TPSA) is 38.7 Å². The molecule has 0 bridgehead atoms. The lowest BCUT2D eigenvalue weighted by atomic mass is 9.97. The van der Waals surface area contributed by atoms with E-state index in [1.807, 2.05) is 66.7 Å². The number of fused-ring (bicyclic) bond motifs is 4. The first kappa shape index (κ1) is 23.1. The van der Waals surface area contributed by atoms with Gasteiger partial charge in [0.15, 0.2) is 5.82 Å². The van der Waals surface area contributed by atoms with E-state index in [2.05, 4.69) is 78.9 Å². The van der Waals surface area contributed by atoms with Crippen molar-refractivity contribution in [2.75, 3.05) is 0 Å². The van der Waals surface area contributed by atoms with Crippen molar-refractivity contribution in [3.63, 3.8) is 0 Å². The van der Waals surface area contributed by atoms with Gasteiger partial charge in [0.2, 0.25) is 0 Å². The molecular formula is C39H25N3. The van der Waals surface area contributed by atoms with Crippen LogP contribution in [0.5, 0.6) is 0 Å². The van der Waals surface area contributed by atoms with Crippen molar-refractivity contribution in [2.24, 2.45) is 0 Å². The molecule has 2 aromatic heterocycles. The van der Waals surface area contributed by atoms with Crippen molar-refractivity contribution >= 4 is 32.6 Å². The minimum Gasteiger partial charge on any atom is -0.245 e. The Bertz CT molecular complexity index is 2270. The van der Waals surface area contributed by atoms with Crippen LogP contribution < -0.4 is 0 Å². The summed E-state index contributed by atoms with van der Waals surface area (Å²) in [6, 6.07) is 49.8. The fourth-order valence-electron chi connectivity index (χ4n) is 5.69. The van der Waals surface area contributed by atoms with E-state index in [9.17, 15) is 0 Å². The van der Waals surface area contributed by atoms with E-state index < -0.39 is 0 Å². The highest BCUT2D eigenvalue weighted by Gasteiger charge is 2.15. The van der Waals surface area contributed by atoms with Gasteiger partial charge in [-0.2, -0.15) is 0 Å². The van der Waals surface area contributed by atoms with Crippen LogP contribution in [-0.4, -0.2) is 15.0 Å². The molecule has 0 radical (unpaired) electrons. The average Bonchev–Trinajstić information content (AvgIpc) is 3.08. The van der Waals surface area contributed by atoms with E-state index in [4.69, 9.17) is 16.3 Å². The zero-order chi connectivity index (χ0) is 28.8. The standard InChI is InChI=1S/C39H25N3/c1-3-11-29(12-4-1)36-34-24-22-30-23-25-35(40-37(30)38(34)42-39(41-36)31-13-5-2-6-14-31)28-20-18-27(19-21-28)33-17-9-15-26-10-7-8-16-32(26)33/h1-25H/i23D. The smallest absolute Gasteiger partial charge is 0.160 e. The average molecular weight is 537 g/mol. The maximum absolute atomic E-state index is 8.95. The number of hydrogen-bond donors (Lipinski definition) is 0. The van der Waals surface area contributed by atoms with E-state index in [1.165, 1.54) is 16.3 Å². The van der Waals surface area contributed by atoms with Gasteiger partial charge in [0.05, 0.1) is 18.3 Å². The molecule has 3 nitrogen and oxygen atoms in total. The molecule has 0 aliphatic carbocycles. The van der Waals surface area contributed by atoms with E-state index in [-0.39, 0.29) is 0 Å². The summed E-state index contributed by atoms with van der Waals surface area (Å²) in [4.78, 5) is 15.2. The number of hydrogen-bond acceptors (Lipinski definition) is 3. The highest BCUT2D eigenvalue weighted by Crippen LogP contribution is 2.34. The lowest BCUT2D eigenvalue weighted by Crippen LogP contribution is -1.97. The van der Waals surface area contributed by atoms with Gasteiger partial charge in [-0.3, -0.25) is 0 Å². The van der Waals surface area contributed by atoms with Crippen molar-refractivity contribution in [1.82, 2.24) is 15.0 Å². The van der Waals surface area contributed by atoms with E-state index in [0.29, 0.717) is 17.4 Å². The van der Waals surface area contributed by atoms with E-state index in [1.54, 1.807) is 0 Å². The van der Waals surface area contributed by atoms with Gasteiger partial charge < -0.3 is 0 Å². The number of rotatable bonds is 4. The van der Waals surface area contributed by atoms with Crippen molar-refractivity contribution in [3.05, 3.63) is 152 Å². The first-order chi connectivity index (χ1) is 21.2. The molecule has 196 valence electrons. The van der Waals surface area contributed by atoms with Crippen LogP contribution in [0.15, 0.2) is 152 Å². The SMILES string of the molecule is [2H]c1cc(-c2ccc(-c3cccc4ccccc34)cc2)nc2c1ccc1c(-c3ccccc3)nc(-c3ccccc3)nc12. The third-order valence-electron chi connectivity index (χ3n) is 7.80. The number of aromatic nitrogens is 3. The maximum Gasteiger partial charge on any atom is 0.160 e. The summed E-state index contributed by atoms with van der Waals surface area (Å²) >= 11 is 0. The van der Waals surface area contributed by atoms with E-state index >= 15 is 0 Å².